The second kappa shape index (κ2) is 3.29. The average molecular weight is 204 g/mol. The van der Waals surface area contributed by atoms with Crippen LogP contribution in [0.25, 0.3) is 0 Å². The lowest BCUT2D eigenvalue weighted by Gasteiger charge is -2.26. The Hall–Kier alpha value is -0.920. The molecule has 3 rings (SSSR count). The van der Waals surface area contributed by atoms with E-state index in [1.165, 1.54) is 37.1 Å². The number of rotatable bonds is 2. The molecule has 0 aromatic carbocycles. The number of hydrogen-bond acceptors (Lipinski definition) is 1. The molecule has 3 atom stereocenters. The van der Waals surface area contributed by atoms with E-state index in [0.717, 1.165) is 17.9 Å². The van der Waals surface area contributed by atoms with E-state index in [9.17, 15) is 0 Å². The van der Waals surface area contributed by atoms with Gasteiger partial charge in [0.05, 0.1) is 0 Å². The average Bonchev–Trinajstić information content (AvgIpc) is 2.89. The van der Waals surface area contributed by atoms with Gasteiger partial charge < -0.3 is 5.43 Å². The van der Waals surface area contributed by atoms with Gasteiger partial charge >= 0.3 is 0 Å². The maximum absolute atomic E-state index is 3.71. The highest BCUT2D eigenvalue weighted by molar-refractivity contribution is 5.17. The van der Waals surface area contributed by atoms with Crippen molar-refractivity contribution in [2.75, 3.05) is 5.43 Å². The van der Waals surface area contributed by atoms with Crippen LogP contribution in [-0.2, 0) is 0 Å². The van der Waals surface area contributed by atoms with E-state index in [-0.39, 0.29) is 0 Å². The first-order chi connectivity index (χ1) is 7.24. The second-order valence-corrected chi connectivity index (χ2v) is 5.36. The van der Waals surface area contributed by atoms with Crippen molar-refractivity contribution in [3.05, 3.63) is 23.5 Å². The summed E-state index contributed by atoms with van der Waals surface area (Å²) in [5.41, 5.74) is 6.36. The zero-order chi connectivity index (χ0) is 10.4. The van der Waals surface area contributed by atoms with Crippen molar-refractivity contribution in [3.63, 3.8) is 0 Å². The summed E-state index contributed by atoms with van der Waals surface area (Å²) in [6.07, 6.45) is 5.78. The highest BCUT2D eigenvalue weighted by Gasteiger charge is 2.39. The van der Waals surface area contributed by atoms with Crippen molar-refractivity contribution in [2.24, 2.45) is 11.8 Å². The summed E-state index contributed by atoms with van der Waals surface area (Å²) in [6, 6.07) is 5.11. The highest BCUT2D eigenvalue weighted by atomic mass is 15.4. The van der Waals surface area contributed by atoms with Crippen LogP contribution < -0.4 is 5.43 Å². The molecule has 0 amide bonds. The van der Waals surface area contributed by atoms with Crippen LogP contribution in [0.4, 0.5) is 0 Å². The minimum absolute atomic E-state index is 0.730. The topological polar surface area (TPSA) is 17.0 Å². The molecule has 2 aliphatic carbocycles. The standard InChI is InChI=1S/C13H20N2/c1-9-3-4-10(2)15(9)14-13-8-11-5-6-12(13)7-11/h3-4,11-14H,5-8H2,1-2H3. The van der Waals surface area contributed by atoms with E-state index in [0.29, 0.717) is 0 Å². The van der Waals surface area contributed by atoms with E-state index >= 15 is 0 Å². The number of hydrogen-bond donors (Lipinski definition) is 1. The number of fused-ring (bicyclic) bond motifs is 2. The van der Waals surface area contributed by atoms with Crippen molar-refractivity contribution in [1.82, 2.24) is 4.68 Å². The molecular weight excluding hydrogens is 184 g/mol. The summed E-state index contributed by atoms with van der Waals surface area (Å²) in [4.78, 5) is 0. The molecule has 1 heterocycles. The van der Waals surface area contributed by atoms with E-state index in [4.69, 9.17) is 0 Å². The second-order valence-electron chi connectivity index (χ2n) is 5.36. The Morgan fingerprint density at radius 2 is 1.87 bits per heavy atom. The van der Waals surface area contributed by atoms with E-state index in [1.54, 1.807) is 0 Å². The van der Waals surface area contributed by atoms with Crippen LogP contribution in [0.2, 0.25) is 0 Å². The summed E-state index contributed by atoms with van der Waals surface area (Å²) in [7, 11) is 0. The third-order valence-electron chi connectivity index (χ3n) is 4.30. The van der Waals surface area contributed by atoms with Crippen LogP contribution in [0, 0.1) is 25.7 Å². The van der Waals surface area contributed by atoms with Gasteiger partial charge in [-0.15, -0.1) is 0 Å². The summed E-state index contributed by atoms with van der Waals surface area (Å²) in [5.74, 6) is 1.96. The van der Waals surface area contributed by atoms with Crippen LogP contribution >= 0.6 is 0 Å². The van der Waals surface area contributed by atoms with Crippen molar-refractivity contribution >= 4 is 0 Å². The Bertz CT molecular complexity index is 347. The fourth-order valence-corrected chi connectivity index (χ4v) is 3.44. The molecule has 1 N–H and O–H groups in total. The summed E-state index contributed by atoms with van der Waals surface area (Å²) >= 11 is 0. The van der Waals surface area contributed by atoms with Gasteiger partial charge in [0.15, 0.2) is 0 Å². The first-order valence-electron chi connectivity index (χ1n) is 6.15. The normalized spacial score (nSPS) is 33.6. The van der Waals surface area contributed by atoms with Gasteiger partial charge in [-0.1, -0.05) is 6.42 Å². The van der Waals surface area contributed by atoms with Crippen molar-refractivity contribution in [1.29, 1.82) is 0 Å². The van der Waals surface area contributed by atoms with E-state index < -0.39 is 0 Å². The highest BCUT2D eigenvalue weighted by Crippen LogP contribution is 2.44. The quantitative estimate of drug-likeness (QED) is 0.784. The SMILES string of the molecule is Cc1ccc(C)n1NC1CC2CCC1C2. The molecule has 0 radical (unpaired) electrons. The Morgan fingerprint density at radius 1 is 1.13 bits per heavy atom. The number of aryl methyl sites for hydroxylation is 2. The Kier molecular flexibility index (Phi) is 2.04. The molecule has 0 saturated heterocycles. The van der Waals surface area contributed by atoms with Gasteiger partial charge in [0.2, 0.25) is 0 Å². The molecule has 2 fully saturated rings. The van der Waals surface area contributed by atoms with Crippen LogP contribution in [0.5, 0.6) is 0 Å². The minimum Gasteiger partial charge on any atom is -0.323 e. The molecule has 82 valence electrons. The summed E-state index contributed by atoms with van der Waals surface area (Å²) < 4.78 is 2.27. The molecule has 0 spiro atoms. The van der Waals surface area contributed by atoms with Crippen LogP contribution in [0.1, 0.15) is 37.1 Å². The largest absolute Gasteiger partial charge is 0.323 e. The molecule has 1 aromatic heterocycles. The molecule has 2 aliphatic rings. The Morgan fingerprint density at radius 3 is 2.40 bits per heavy atom. The maximum atomic E-state index is 3.71. The smallest absolute Gasteiger partial charge is 0.0455 e. The zero-order valence-corrected chi connectivity index (χ0v) is 9.66. The number of nitrogens with zero attached hydrogens (tertiary/aromatic N) is 1. The lowest BCUT2D eigenvalue weighted by Crippen LogP contribution is -2.33. The first-order valence-corrected chi connectivity index (χ1v) is 6.15. The molecule has 15 heavy (non-hydrogen) atoms. The third-order valence-corrected chi connectivity index (χ3v) is 4.30. The Balaban J connectivity index is 1.76. The molecule has 2 bridgehead atoms. The fourth-order valence-electron chi connectivity index (χ4n) is 3.44. The molecule has 1 aromatic rings. The fraction of sp³-hybridized carbons (Fsp3) is 0.692. The predicted octanol–water partition coefficient (Wildman–Crippen LogP) is 2.84. The maximum Gasteiger partial charge on any atom is 0.0455 e. The van der Waals surface area contributed by atoms with Crippen LogP contribution in [-0.4, -0.2) is 10.7 Å². The molecule has 3 unspecified atom stereocenters. The minimum atomic E-state index is 0.730. The monoisotopic (exact) mass is 204 g/mol. The molecule has 2 nitrogen and oxygen atoms in total. The first kappa shape index (κ1) is 9.32. The lowest BCUT2D eigenvalue weighted by molar-refractivity contribution is 0.414. The van der Waals surface area contributed by atoms with Crippen LogP contribution in [0.3, 0.4) is 0 Å². The Labute approximate surface area is 91.6 Å². The van der Waals surface area contributed by atoms with Gasteiger partial charge in [-0.2, -0.15) is 0 Å². The van der Waals surface area contributed by atoms with Gasteiger partial charge in [-0.25, -0.2) is 0 Å². The molecule has 0 aliphatic heterocycles. The van der Waals surface area contributed by atoms with Gasteiger partial charge in [-0.05, 0) is 57.1 Å². The third kappa shape index (κ3) is 1.47. The molecule has 2 saturated carbocycles. The summed E-state index contributed by atoms with van der Waals surface area (Å²) in [6.45, 7) is 4.35. The van der Waals surface area contributed by atoms with Gasteiger partial charge in [0, 0.05) is 17.4 Å². The summed E-state index contributed by atoms with van der Waals surface area (Å²) in [5, 5.41) is 0. The van der Waals surface area contributed by atoms with E-state index in [1.807, 2.05) is 0 Å². The van der Waals surface area contributed by atoms with Gasteiger partial charge in [0.1, 0.15) is 0 Å². The lowest BCUT2D eigenvalue weighted by atomic mass is 9.96. The molecular formula is C13H20N2. The number of nitrogens with one attached hydrogen (secondary N) is 1. The molecule has 2 heteroatoms. The van der Waals surface area contributed by atoms with Gasteiger partial charge in [0.25, 0.3) is 0 Å². The van der Waals surface area contributed by atoms with Crippen molar-refractivity contribution in [2.45, 2.75) is 45.6 Å². The van der Waals surface area contributed by atoms with Gasteiger partial charge in [-0.3, -0.25) is 4.68 Å². The predicted molar refractivity (Wildman–Crippen MR) is 62.5 cm³/mol. The van der Waals surface area contributed by atoms with Crippen LogP contribution in [0.15, 0.2) is 12.1 Å². The van der Waals surface area contributed by atoms with E-state index in [2.05, 4.69) is 36.1 Å². The number of aromatic nitrogens is 1. The van der Waals surface area contributed by atoms with Crippen molar-refractivity contribution < 1.29 is 0 Å². The zero-order valence-electron chi connectivity index (χ0n) is 9.66. The van der Waals surface area contributed by atoms with Crippen molar-refractivity contribution in [3.8, 4) is 0 Å².